The average molecular weight is 413 g/mol. The summed E-state index contributed by atoms with van der Waals surface area (Å²) in [6.07, 6.45) is 3.35. The molecule has 1 spiro atoms. The predicted octanol–water partition coefficient (Wildman–Crippen LogP) is 3.33. The third kappa shape index (κ3) is 3.17. The van der Waals surface area contributed by atoms with Gasteiger partial charge in [-0.1, -0.05) is 6.07 Å². The molecule has 0 radical (unpaired) electrons. The minimum atomic E-state index is -0.718. The minimum Gasteiger partial charge on any atom is -0.497 e. The van der Waals surface area contributed by atoms with E-state index in [1.807, 2.05) is 17.5 Å². The van der Waals surface area contributed by atoms with Crippen molar-refractivity contribution in [1.82, 2.24) is 10.6 Å². The first-order valence-corrected chi connectivity index (χ1v) is 11.0. The van der Waals surface area contributed by atoms with Crippen LogP contribution in [0.1, 0.15) is 40.9 Å². The Morgan fingerprint density at radius 2 is 2.28 bits per heavy atom. The van der Waals surface area contributed by atoms with Crippen molar-refractivity contribution in [3.8, 4) is 11.5 Å². The maximum absolute atomic E-state index is 12.8. The van der Waals surface area contributed by atoms with E-state index in [0.29, 0.717) is 30.0 Å². The van der Waals surface area contributed by atoms with Gasteiger partial charge in [-0.2, -0.15) is 0 Å². The molecule has 1 aromatic heterocycles. The van der Waals surface area contributed by atoms with Gasteiger partial charge in [0, 0.05) is 29.2 Å². The summed E-state index contributed by atoms with van der Waals surface area (Å²) in [4.78, 5) is 26.8. The van der Waals surface area contributed by atoms with Crippen molar-refractivity contribution in [1.29, 1.82) is 0 Å². The molecule has 2 N–H and O–H groups in total. The van der Waals surface area contributed by atoms with Gasteiger partial charge in [-0.3, -0.25) is 9.59 Å². The Labute approximate surface area is 173 Å². The van der Waals surface area contributed by atoms with Crippen molar-refractivity contribution in [2.24, 2.45) is 17.8 Å². The molecule has 2 heterocycles. The molecule has 4 aliphatic rings. The van der Waals surface area contributed by atoms with E-state index in [-0.39, 0.29) is 29.6 Å². The quantitative estimate of drug-likeness (QED) is 0.808. The van der Waals surface area contributed by atoms with E-state index in [9.17, 15) is 9.59 Å². The lowest BCUT2D eigenvalue weighted by Gasteiger charge is -2.55. The van der Waals surface area contributed by atoms with Crippen LogP contribution in [0.15, 0.2) is 35.7 Å². The normalized spacial score (nSPS) is 29.7. The molecule has 4 atom stereocenters. The Morgan fingerprint density at radius 3 is 3.00 bits per heavy atom. The Morgan fingerprint density at radius 1 is 1.38 bits per heavy atom. The van der Waals surface area contributed by atoms with E-state index in [2.05, 4.69) is 10.6 Å². The summed E-state index contributed by atoms with van der Waals surface area (Å²) < 4.78 is 11.7. The molecule has 0 unspecified atom stereocenters. The maximum atomic E-state index is 12.8. The van der Waals surface area contributed by atoms with E-state index in [1.165, 1.54) is 0 Å². The van der Waals surface area contributed by atoms with Gasteiger partial charge in [0.25, 0.3) is 5.91 Å². The third-order valence-electron chi connectivity index (χ3n) is 6.62. The molecule has 152 valence electrons. The van der Waals surface area contributed by atoms with Crippen molar-refractivity contribution in [2.45, 2.75) is 38.0 Å². The van der Waals surface area contributed by atoms with Gasteiger partial charge in [-0.25, -0.2) is 0 Å². The minimum absolute atomic E-state index is 0.0217. The molecule has 2 aromatic rings. The molecular formula is C22H24N2O4S. The lowest BCUT2D eigenvalue weighted by molar-refractivity contribution is -0.146. The third-order valence-corrected chi connectivity index (χ3v) is 7.50. The fraction of sp³-hybridized carbons (Fsp3) is 0.455. The summed E-state index contributed by atoms with van der Waals surface area (Å²) in [5.74, 6) is 1.54. The number of hydrogen-bond acceptors (Lipinski definition) is 5. The molecular weight excluding hydrogens is 388 g/mol. The highest BCUT2D eigenvalue weighted by Crippen LogP contribution is 2.52. The highest BCUT2D eigenvalue weighted by atomic mass is 32.1. The van der Waals surface area contributed by atoms with Crippen LogP contribution >= 0.6 is 11.3 Å². The van der Waals surface area contributed by atoms with Gasteiger partial charge < -0.3 is 20.1 Å². The van der Waals surface area contributed by atoms with Crippen LogP contribution in [0.2, 0.25) is 0 Å². The van der Waals surface area contributed by atoms with Crippen molar-refractivity contribution < 1.29 is 19.1 Å². The SMILES string of the molecule is COc1ccc2c(c1)O[C@]1(C[C@H]3CC[C@@H]1C[C@@H]3C(=O)NCc1cccs1)NC2=O. The molecule has 3 fully saturated rings. The number of benzene rings is 1. The first kappa shape index (κ1) is 18.5. The first-order chi connectivity index (χ1) is 14.1. The van der Waals surface area contributed by atoms with Gasteiger partial charge in [-0.05, 0) is 48.8 Å². The van der Waals surface area contributed by atoms with Crippen molar-refractivity contribution >= 4 is 23.2 Å². The summed E-state index contributed by atoms with van der Waals surface area (Å²) in [6, 6.07) is 9.31. The number of amides is 2. The van der Waals surface area contributed by atoms with Gasteiger partial charge in [0.1, 0.15) is 11.5 Å². The zero-order valence-corrected chi connectivity index (χ0v) is 17.1. The summed E-state index contributed by atoms with van der Waals surface area (Å²) in [5.41, 5.74) is -0.188. The lowest BCUT2D eigenvalue weighted by atomic mass is 9.60. The summed E-state index contributed by atoms with van der Waals surface area (Å²) in [7, 11) is 1.60. The second kappa shape index (κ2) is 7.06. The number of carbonyl (C=O) groups excluding carboxylic acids is 2. The predicted molar refractivity (Wildman–Crippen MR) is 109 cm³/mol. The van der Waals surface area contributed by atoms with Gasteiger partial charge >= 0.3 is 0 Å². The Kier molecular flexibility index (Phi) is 4.50. The number of carbonyl (C=O) groups is 2. The van der Waals surface area contributed by atoms with E-state index < -0.39 is 5.72 Å². The van der Waals surface area contributed by atoms with Gasteiger partial charge in [0.15, 0.2) is 5.72 Å². The van der Waals surface area contributed by atoms with Crippen LogP contribution in [0.3, 0.4) is 0 Å². The van der Waals surface area contributed by atoms with Crippen LogP contribution in [0.4, 0.5) is 0 Å². The number of thiophene rings is 1. The molecule has 2 amide bonds. The van der Waals surface area contributed by atoms with Crippen molar-refractivity contribution in [2.75, 3.05) is 7.11 Å². The van der Waals surface area contributed by atoms with Crippen molar-refractivity contribution in [3.63, 3.8) is 0 Å². The second-order valence-electron chi connectivity index (χ2n) is 8.19. The molecule has 6 nitrogen and oxygen atoms in total. The number of methoxy groups -OCH3 is 1. The van der Waals surface area contributed by atoms with Crippen LogP contribution in [-0.4, -0.2) is 24.6 Å². The molecule has 7 heteroatoms. The summed E-state index contributed by atoms with van der Waals surface area (Å²) in [5, 5.41) is 8.25. The van der Waals surface area contributed by atoms with Gasteiger partial charge in [0.05, 0.1) is 19.2 Å². The zero-order chi connectivity index (χ0) is 20.0. The van der Waals surface area contributed by atoms with Crippen molar-refractivity contribution in [3.05, 3.63) is 46.2 Å². The zero-order valence-electron chi connectivity index (χ0n) is 16.3. The van der Waals surface area contributed by atoms with Crippen LogP contribution in [-0.2, 0) is 11.3 Å². The number of fused-ring (bicyclic) bond motifs is 3. The lowest BCUT2D eigenvalue weighted by Crippen LogP contribution is -2.66. The molecule has 29 heavy (non-hydrogen) atoms. The van der Waals surface area contributed by atoms with Crippen LogP contribution in [0.25, 0.3) is 0 Å². The molecule has 0 saturated heterocycles. The Bertz CT molecular complexity index is 944. The number of nitrogens with one attached hydrogen (secondary N) is 2. The van der Waals surface area contributed by atoms with E-state index in [1.54, 1.807) is 36.6 Å². The molecule has 3 aliphatic carbocycles. The molecule has 1 aromatic carbocycles. The molecule has 2 bridgehead atoms. The molecule has 3 saturated carbocycles. The van der Waals surface area contributed by atoms with E-state index in [4.69, 9.17) is 9.47 Å². The Hall–Kier alpha value is -2.54. The van der Waals surface area contributed by atoms with Crippen LogP contribution in [0.5, 0.6) is 11.5 Å². The topological polar surface area (TPSA) is 76.7 Å². The van der Waals surface area contributed by atoms with Crippen LogP contribution < -0.4 is 20.1 Å². The Balaban J connectivity index is 1.33. The molecule has 6 rings (SSSR count). The maximum Gasteiger partial charge on any atom is 0.258 e. The summed E-state index contributed by atoms with van der Waals surface area (Å²) >= 11 is 1.65. The summed E-state index contributed by atoms with van der Waals surface area (Å²) in [6.45, 7) is 0.579. The van der Waals surface area contributed by atoms with Gasteiger partial charge in [0.2, 0.25) is 5.91 Å². The fourth-order valence-electron chi connectivity index (χ4n) is 5.16. The van der Waals surface area contributed by atoms with Gasteiger partial charge in [-0.15, -0.1) is 11.3 Å². The highest BCUT2D eigenvalue weighted by molar-refractivity contribution is 7.09. The van der Waals surface area contributed by atoms with E-state index >= 15 is 0 Å². The van der Waals surface area contributed by atoms with Crippen LogP contribution in [0, 0.1) is 17.8 Å². The molecule has 1 aliphatic heterocycles. The fourth-order valence-corrected chi connectivity index (χ4v) is 5.80. The monoisotopic (exact) mass is 412 g/mol. The second-order valence-corrected chi connectivity index (χ2v) is 9.22. The average Bonchev–Trinajstić information content (AvgIpc) is 3.25. The highest BCUT2D eigenvalue weighted by Gasteiger charge is 2.57. The van der Waals surface area contributed by atoms with E-state index in [0.717, 1.165) is 24.1 Å². The standard InChI is InChI=1S/C22H24N2O4S/c1-27-15-6-7-17-19(10-15)28-22(24-21(17)26)11-13-4-5-14(22)9-18(13)20(25)23-12-16-3-2-8-29-16/h2-3,6-8,10,13-14,18H,4-5,9,11-12H2,1H3,(H,23,25)(H,24,26)/t13-,14-,18+,22+/m1/s1. The number of rotatable bonds is 4. The smallest absolute Gasteiger partial charge is 0.258 e. The largest absolute Gasteiger partial charge is 0.497 e. The number of ether oxygens (including phenoxy) is 2. The number of hydrogen-bond donors (Lipinski definition) is 2. The first-order valence-electron chi connectivity index (χ1n) is 10.1.